The predicted octanol–water partition coefficient (Wildman–Crippen LogP) is 3.49. The van der Waals surface area contributed by atoms with Gasteiger partial charge in [0.25, 0.3) is 5.91 Å². The van der Waals surface area contributed by atoms with Crippen molar-refractivity contribution in [2.45, 2.75) is 26.4 Å². The summed E-state index contributed by atoms with van der Waals surface area (Å²) in [6.45, 7) is 3.52. The molecule has 0 fully saturated rings. The molecule has 0 bridgehead atoms. The van der Waals surface area contributed by atoms with Crippen molar-refractivity contribution in [3.8, 4) is 5.75 Å². The molecule has 0 heterocycles. The van der Waals surface area contributed by atoms with Crippen molar-refractivity contribution < 1.29 is 19.4 Å². The molecule has 5 nitrogen and oxygen atoms in total. The number of carbonyl (C=O) groups is 2. The molecular weight excluding hydrogens is 294 g/mol. The smallest absolute Gasteiger partial charge is 0.336 e. The number of carboxylic acid groups (broad SMARTS) is 1. The quantitative estimate of drug-likeness (QED) is 0.856. The maximum Gasteiger partial charge on any atom is 0.336 e. The van der Waals surface area contributed by atoms with E-state index in [1.165, 1.54) is 6.07 Å². The van der Waals surface area contributed by atoms with Gasteiger partial charge in [0.15, 0.2) is 6.10 Å². The van der Waals surface area contributed by atoms with Crippen LogP contribution in [0.2, 0.25) is 0 Å². The van der Waals surface area contributed by atoms with Crippen LogP contribution in [0.1, 0.15) is 29.3 Å². The molecule has 1 atom stereocenters. The minimum atomic E-state index is -1.02. The Balaban J connectivity index is 2.14. The lowest BCUT2D eigenvalue weighted by Crippen LogP contribution is -2.32. The fourth-order valence-electron chi connectivity index (χ4n) is 2.20. The summed E-state index contributed by atoms with van der Waals surface area (Å²) in [4.78, 5) is 23.6. The van der Waals surface area contributed by atoms with E-state index < -0.39 is 12.1 Å². The first-order valence-corrected chi connectivity index (χ1v) is 7.38. The zero-order chi connectivity index (χ0) is 16.8. The van der Waals surface area contributed by atoms with E-state index in [-0.39, 0.29) is 11.5 Å². The van der Waals surface area contributed by atoms with Crippen LogP contribution in [0.15, 0.2) is 48.5 Å². The summed E-state index contributed by atoms with van der Waals surface area (Å²) in [5, 5.41) is 11.9. The molecule has 0 aromatic heterocycles. The number of hydrogen-bond donors (Lipinski definition) is 2. The average Bonchev–Trinajstić information content (AvgIpc) is 2.55. The Bertz CT molecular complexity index is 697. The van der Waals surface area contributed by atoms with Crippen LogP contribution in [0.5, 0.6) is 5.75 Å². The monoisotopic (exact) mass is 313 g/mol. The van der Waals surface area contributed by atoms with Gasteiger partial charge in [-0.2, -0.15) is 0 Å². The highest BCUT2D eigenvalue weighted by Crippen LogP contribution is 2.20. The molecule has 5 heteroatoms. The lowest BCUT2D eigenvalue weighted by molar-refractivity contribution is -0.122. The van der Waals surface area contributed by atoms with Crippen molar-refractivity contribution >= 4 is 17.6 Å². The molecular formula is C18H19NO4. The summed E-state index contributed by atoms with van der Waals surface area (Å²) in [5.41, 5.74) is 1.16. The van der Waals surface area contributed by atoms with Gasteiger partial charge < -0.3 is 15.2 Å². The van der Waals surface area contributed by atoms with Gasteiger partial charge in [-0.15, -0.1) is 0 Å². The van der Waals surface area contributed by atoms with E-state index in [2.05, 4.69) is 5.32 Å². The second-order valence-corrected chi connectivity index (χ2v) is 5.10. The first-order chi connectivity index (χ1) is 11.0. The second kappa shape index (κ2) is 7.45. The molecule has 0 radical (unpaired) electrons. The van der Waals surface area contributed by atoms with E-state index in [9.17, 15) is 9.59 Å². The van der Waals surface area contributed by atoms with Gasteiger partial charge in [-0.3, -0.25) is 4.79 Å². The standard InChI is InChI=1S/C18H19NO4/c1-3-16(23-13-8-5-4-6-9-13)17(20)19-15-11-7-10-14(12(15)2)18(21)22/h4-11,16H,3H2,1-2H3,(H,19,20)(H,21,22). The van der Waals surface area contributed by atoms with Crippen LogP contribution >= 0.6 is 0 Å². The first kappa shape index (κ1) is 16.5. The number of para-hydroxylation sites is 1. The number of benzene rings is 2. The van der Waals surface area contributed by atoms with Crippen LogP contribution in [0.4, 0.5) is 5.69 Å². The lowest BCUT2D eigenvalue weighted by Gasteiger charge is -2.18. The van der Waals surface area contributed by atoms with Crippen LogP contribution in [-0.2, 0) is 4.79 Å². The second-order valence-electron chi connectivity index (χ2n) is 5.10. The van der Waals surface area contributed by atoms with E-state index in [1.54, 1.807) is 31.2 Å². The molecule has 2 aromatic rings. The SMILES string of the molecule is CCC(Oc1ccccc1)C(=O)Nc1cccc(C(=O)O)c1C. The third-order valence-corrected chi connectivity index (χ3v) is 3.51. The Kier molecular flexibility index (Phi) is 5.36. The predicted molar refractivity (Wildman–Crippen MR) is 87.9 cm³/mol. The van der Waals surface area contributed by atoms with Crippen LogP contribution in [0.25, 0.3) is 0 Å². The Morgan fingerprint density at radius 2 is 1.83 bits per heavy atom. The molecule has 0 aliphatic rings. The Morgan fingerprint density at radius 1 is 1.13 bits per heavy atom. The summed E-state index contributed by atoms with van der Waals surface area (Å²) < 4.78 is 5.69. The fraction of sp³-hybridized carbons (Fsp3) is 0.222. The van der Waals surface area contributed by atoms with Crippen LogP contribution in [0, 0.1) is 6.92 Å². The Hall–Kier alpha value is -2.82. The van der Waals surface area contributed by atoms with Gasteiger partial charge in [0.1, 0.15) is 5.75 Å². The summed E-state index contributed by atoms with van der Waals surface area (Å²) in [7, 11) is 0. The van der Waals surface area contributed by atoms with E-state index in [4.69, 9.17) is 9.84 Å². The molecule has 1 amide bonds. The van der Waals surface area contributed by atoms with E-state index in [0.717, 1.165) is 0 Å². The normalized spacial score (nSPS) is 11.6. The van der Waals surface area contributed by atoms with Crippen LogP contribution < -0.4 is 10.1 Å². The molecule has 0 spiro atoms. The molecule has 2 aromatic carbocycles. The summed E-state index contributed by atoms with van der Waals surface area (Å²) >= 11 is 0. The Labute approximate surface area is 134 Å². The molecule has 0 aliphatic heterocycles. The summed E-state index contributed by atoms with van der Waals surface area (Å²) in [6, 6.07) is 13.9. The fourth-order valence-corrected chi connectivity index (χ4v) is 2.20. The number of nitrogens with one attached hydrogen (secondary N) is 1. The van der Waals surface area contributed by atoms with Crippen molar-refractivity contribution in [3.63, 3.8) is 0 Å². The zero-order valence-electron chi connectivity index (χ0n) is 13.1. The van der Waals surface area contributed by atoms with Gasteiger partial charge in [0.2, 0.25) is 0 Å². The maximum absolute atomic E-state index is 12.4. The van der Waals surface area contributed by atoms with Gasteiger partial charge in [0, 0.05) is 5.69 Å². The summed E-state index contributed by atoms with van der Waals surface area (Å²) in [5.74, 6) is -0.710. The average molecular weight is 313 g/mol. The third kappa shape index (κ3) is 4.10. The van der Waals surface area contributed by atoms with Crippen LogP contribution in [0.3, 0.4) is 0 Å². The molecule has 120 valence electrons. The van der Waals surface area contributed by atoms with Crippen LogP contribution in [-0.4, -0.2) is 23.1 Å². The van der Waals surface area contributed by atoms with Gasteiger partial charge in [0.05, 0.1) is 5.56 Å². The van der Waals surface area contributed by atoms with Crippen molar-refractivity contribution in [1.29, 1.82) is 0 Å². The third-order valence-electron chi connectivity index (χ3n) is 3.51. The zero-order valence-corrected chi connectivity index (χ0v) is 13.1. The highest BCUT2D eigenvalue weighted by atomic mass is 16.5. The summed E-state index contributed by atoms with van der Waals surface area (Å²) in [6.07, 6.45) is -0.149. The van der Waals surface area contributed by atoms with E-state index >= 15 is 0 Å². The highest BCUT2D eigenvalue weighted by Gasteiger charge is 2.20. The van der Waals surface area contributed by atoms with Crippen molar-refractivity contribution in [3.05, 3.63) is 59.7 Å². The largest absolute Gasteiger partial charge is 0.481 e. The molecule has 0 aliphatic carbocycles. The number of aromatic carboxylic acids is 1. The molecule has 2 rings (SSSR count). The minimum absolute atomic E-state index is 0.167. The molecule has 23 heavy (non-hydrogen) atoms. The topological polar surface area (TPSA) is 75.6 Å². The number of anilines is 1. The van der Waals surface area contributed by atoms with Crippen molar-refractivity contribution in [2.75, 3.05) is 5.32 Å². The lowest BCUT2D eigenvalue weighted by atomic mass is 10.1. The van der Waals surface area contributed by atoms with Gasteiger partial charge in [-0.1, -0.05) is 31.2 Å². The number of ether oxygens (including phenoxy) is 1. The Morgan fingerprint density at radius 3 is 2.43 bits per heavy atom. The molecule has 0 saturated heterocycles. The number of amides is 1. The van der Waals surface area contributed by atoms with E-state index in [0.29, 0.717) is 23.4 Å². The van der Waals surface area contributed by atoms with Crippen molar-refractivity contribution in [2.24, 2.45) is 0 Å². The minimum Gasteiger partial charge on any atom is -0.481 e. The number of carbonyl (C=O) groups excluding carboxylic acids is 1. The first-order valence-electron chi connectivity index (χ1n) is 7.38. The molecule has 2 N–H and O–H groups in total. The molecule has 0 saturated carbocycles. The van der Waals surface area contributed by atoms with Gasteiger partial charge in [-0.25, -0.2) is 4.79 Å². The number of carboxylic acids is 1. The number of hydrogen-bond acceptors (Lipinski definition) is 3. The number of rotatable bonds is 6. The van der Waals surface area contributed by atoms with Gasteiger partial charge >= 0.3 is 5.97 Å². The highest BCUT2D eigenvalue weighted by molar-refractivity contribution is 5.97. The van der Waals surface area contributed by atoms with Gasteiger partial charge in [-0.05, 0) is 43.2 Å². The maximum atomic E-state index is 12.4. The van der Waals surface area contributed by atoms with Crippen molar-refractivity contribution in [1.82, 2.24) is 0 Å². The molecule has 1 unspecified atom stereocenters. The van der Waals surface area contributed by atoms with E-state index in [1.807, 2.05) is 25.1 Å².